The standard InChI is InChI=1S/C18H15Cl2N4O2.C18H13Cl2N4O2.C17H11Cl2N4O2.C16H10Cl2N5O2.C16H10ClF4N4O2.5Y/c2*1-3-5-12-6-4-7-16(24-18(25)23(2)21-22-24)14(12)11-26-17-10-13(19)8-9-15(17)20;1-3-11-5-4-6-15(23-17(24)22(2)20-21-23)13(11)10-25-16-9-12(18)7-8-14(16)19;1-19-13-4-3-5-14(23-16(24)22(2)20-21-23)11(13)9-25-15-8-10(17)6-7-12(15)18;1-24-15(26)25(23-22-24)13-4-2-3-12(18)10(13)8-27-14-7-9(17)5-6-11(14)16(19,20)21;;;;;/h3-7,9-10H,11H2,1-2H3;4,6-7,9-10H,11H2,1-2H3;1,4-6,8-9H,10H2,2H3;3-5,7-8H,9H2,2H3;2-4,6-7H,8H2,1H3;;;;;/q5*-1;;;;;/b5-3+;;;;;;;;;. The molecule has 0 saturated carbocycles. The zero-order chi connectivity index (χ0) is 93.1. The van der Waals surface area contributed by atoms with E-state index in [4.69, 9.17) is 141 Å². The Morgan fingerprint density at radius 1 is 0.410 bits per heavy atom. The van der Waals surface area contributed by atoms with E-state index in [0.717, 1.165) is 60.7 Å². The summed E-state index contributed by atoms with van der Waals surface area (Å²) in [5, 5.41) is 40.4. The van der Waals surface area contributed by atoms with Crippen molar-refractivity contribution in [2.45, 2.75) is 53.1 Å². The summed E-state index contributed by atoms with van der Waals surface area (Å²) >= 11 is 53.8. The van der Waals surface area contributed by atoms with Crippen LogP contribution in [0.25, 0.3) is 39.4 Å². The van der Waals surface area contributed by atoms with Crippen molar-refractivity contribution in [3.8, 4) is 81.4 Å². The summed E-state index contributed by atoms with van der Waals surface area (Å²) in [6.45, 7) is 10.7. The smallest absolute Gasteiger partial charge is 0.373 e. The van der Waals surface area contributed by atoms with Gasteiger partial charge in [0.05, 0.1) is 40.6 Å². The van der Waals surface area contributed by atoms with Gasteiger partial charge in [-0.25, -0.2) is 33.2 Å². The van der Waals surface area contributed by atoms with Crippen molar-refractivity contribution < 1.29 is 205 Å². The van der Waals surface area contributed by atoms with Crippen LogP contribution >= 0.6 is 104 Å². The molecule has 0 aliphatic carbocycles. The Balaban J connectivity index is 0.000000255. The first-order valence-corrected chi connectivity index (χ1v) is 40.1. The normalized spacial score (nSPS) is 10.4. The summed E-state index contributed by atoms with van der Waals surface area (Å²) in [7, 11) is 7.41. The van der Waals surface area contributed by atoms with E-state index in [1.54, 1.807) is 92.8 Å². The number of halogens is 13. The molecule has 0 atom stereocenters. The molecule has 15 rings (SSSR count). The summed E-state index contributed by atoms with van der Waals surface area (Å²) in [5.41, 5.74) is 3.59. The van der Waals surface area contributed by atoms with Gasteiger partial charge >= 0.3 is 34.6 Å². The molecule has 0 unspecified atom stereocenters. The maximum Gasteiger partial charge on any atom is 0.373 e. The number of terminal acetylenes is 1. The molecule has 0 spiro atoms. The van der Waals surface area contributed by atoms with Crippen molar-refractivity contribution in [3.05, 3.63) is 353 Å². The van der Waals surface area contributed by atoms with Crippen molar-refractivity contribution in [2.24, 2.45) is 35.2 Å². The molecule has 15 aromatic rings. The Labute approximate surface area is 930 Å². The molecule has 49 heteroatoms. The van der Waals surface area contributed by atoms with Crippen LogP contribution in [0, 0.1) is 66.9 Å². The largest absolute Gasteiger partial charge is 0.514 e. The monoisotopic (exact) mass is 2370 g/mol. The fourth-order valence-electron chi connectivity index (χ4n) is 11.4. The maximum absolute atomic E-state index is 14.3. The summed E-state index contributed by atoms with van der Waals surface area (Å²) in [6.07, 6.45) is 4.70. The van der Waals surface area contributed by atoms with Crippen LogP contribution in [-0.2, 0) is 238 Å². The SMILES string of the molecule is C#Cc1cccc(-n2nnn(C)c2=O)c1COc1cc(Cl)[c-]cc1Cl.C/C=C/c1cccc(-n2nnn(C)c2=O)c1COc1cc(Cl)[c-]cc1Cl.CC#Cc1cccc(-n2nnn(C)c2=O)c1COc1cc(Cl)[c-]cc1Cl.Cn1nnn(-c2cccc(F)c2COc2cc(Cl)[c-]cc2C(F)(F)F)c1=O.[C-]#[N+]c1cccc(-n2nnn(C)c2=O)c1COc1cc(Cl)[c-]cc1Cl.[Y].[Y].[Y].[Y].[Y]. The van der Waals surface area contributed by atoms with Crippen LogP contribution in [0.2, 0.25) is 45.2 Å². The second kappa shape index (κ2) is 53.6. The van der Waals surface area contributed by atoms with E-state index < -0.39 is 47.0 Å². The molecule has 0 aliphatic heterocycles. The topological polar surface area (TPSA) is 314 Å². The molecule has 675 valence electrons. The van der Waals surface area contributed by atoms with Crippen molar-refractivity contribution in [1.29, 1.82) is 0 Å². The van der Waals surface area contributed by atoms with Gasteiger partial charge in [0.1, 0.15) is 38.9 Å². The number of aromatic nitrogens is 20. The van der Waals surface area contributed by atoms with Gasteiger partial charge < -0.3 is 23.7 Å². The van der Waals surface area contributed by atoms with Gasteiger partial charge in [0, 0.05) is 261 Å². The van der Waals surface area contributed by atoms with E-state index in [1.165, 1.54) is 74.0 Å². The van der Waals surface area contributed by atoms with E-state index in [1.807, 2.05) is 37.3 Å². The van der Waals surface area contributed by atoms with Crippen molar-refractivity contribution in [3.63, 3.8) is 0 Å². The van der Waals surface area contributed by atoms with Crippen molar-refractivity contribution in [1.82, 2.24) is 99.0 Å². The average molecular weight is 2370 g/mol. The number of hydrogen-bond donors (Lipinski definition) is 0. The number of alkyl halides is 3. The molecule has 0 fully saturated rings. The van der Waals surface area contributed by atoms with Gasteiger partial charge in [0.15, 0.2) is 5.69 Å². The van der Waals surface area contributed by atoms with Gasteiger partial charge in [-0.05, 0) is 146 Å². The molecule has 5 heterocycles. The Bertz CT molecular complexity index is 7040. The zero-order valence-corrected chi connectivity index (χ0v) is 91.5. The zero-order valence-electron chi connectivity index (χ0n) is 70.5. The van der Waals surface area contributed by atoms with Crippen LogP contribution in [0.3, 0.4) is 0 Å². The number of benzene rings is 10. The second-order valence-electron chi connectivity index (χ2n) is 26.1. The predicted molar refractivity (Wildman–Crippen MR) is 473 cm³/mol. The van der Waals surface area contributed by atoms with Crippen molar-refractivity contribution in [2.75, 3.05) is 0 Å². The van der Waals surface area contributed by atoms with Crippen LogP contribution in [0.5, 0.6) is 28.7 Å². The number of tetrazole rings is 5. The van der Waals surface area contributed by atoms with Crippen LogP contribution in [0.4, 0.5) is 23.2 Å². The Morgan fingerprint density at radius 2 is 0.701 bits per heavy atom. The molecular weight excluding hydrogens is 2310 g/mol. The second-order valence-corrected chi connectivity index (χ2v) is 29.7. The summed E-state index contributed by atoms with van der Waals surface area (Å²) in [5.74, 6) is 8.64. The molecule has 10 aromatic carbocycles. The summed E-state index contributed by atoms with van der Waals surface area (Å²) in [6, 6.07) is 52.1. The van der Waals surface area contributed by atoms with Gasteiger partial charge in [-0.2, -0.15) is 167 Å². The molecule has 0 N–H and O–H groups in total. The Hall–Kier alpha value is -8.25. The molecule has 5 aromatic heterocycles. The fraction of sp³-hybridized carbons (Fsp3) is 0.153. The molecule has 134 heavy (non-hydrogen) atoms. The molecule has 31 nitrogen and oxygen atoms in total. The quantitative estimate of drug-likeness (QED) is 0.0366. The molecular formula is C85H59Cl9F4N21O10Y5-5. The molecule has 0 saturated heterocycles. The number of nitrogens with zero attached hydrogens (tertiary/aromatic N) is 21. The average Bonchev–Trinajstić information content (AvgIpc) is 1.64. The summed E-state index contributed by atoms with van der Waals surface area (Å²) in [4.78, 5) is 64.3. The first kappa shape index (κ1) is 114. The first-order valence-electron chi connectivity index (χ1n) is 36.7. The van der Waals surface area contributed by atoms with E-state index in [0.29, 0.717) is 125 Å². The van der Waals surface area contributed by atoms with Gasteiger partial charge in [0.2, 0.25) is 0 Å². The molecule has 0 bridgehead atoms. The predicted octanol–water partition coefficient (Wildman–Crippen LogP) is 15.7. The Kier molecular flexibility index (Phi) is 45.8. The first-order chi connectivity index (χ1) is 61.7. The van der Waals surface area contributed by atoms with Gasteiger partial charge in [0.25, 0.3) is 0 Å². The number of allylic oxidation sites excluding steroid dienone is 1. The minimum atomic E-state index is -4.71. The number of rotatable bonds is 21. The van der Waals surface area contributed by atoms with Gasteiger partial charge in [-0.3, -0.25) is 0 Å². The van der Waals surface area contributed by atoms with E-state index in [-0.39, 0.29) is 218 Å². The van der Waals surface area contributed by atoms with E-state index in [9.17, 15) is 41.5 Å². The number of hydrogen-bond acceptors (Lipinski definition) is 20. The van der Waals surface area contributed by atoms with Crippen LogP contribution < -0.4 is 52.1 Å². The Morgan fingerprint density at radius 3 is 1.04 bits per heavy atom. The van der Waals surface area contributed by atoms with Crippen LogP contribution in [0.1, 0.15) is 63.9 Å². The maximum atomic E-state index is 14.3. The van der Waals surface area contributed by atoms with Gasteiger partial charge in [-0.15, -0.1) is 101 Å². The minimum absolute atomic E-state index is 0. The summed E-state index contributed by atoms with van der Waals surface area (Å²) < 4.78 is 92.9. The fourth-order valence-corrected chi connectivity index (χ4v) is 12.9. The third-order valence-electron chi connectivity index (χ3n) is 17.7. The van der Waals surface area contributed by atoms with E-state index in [2.05, 4.69) is 105 Å². The molecule has 0 amide bonds. The number of aryl methyl sites for hydroxylation is 5. The van der Waals surface area contributed by atoms with Crippen LogP contribution in [0.15, 0.2) is 182 Å². The third kappa shape index (κ3) is 29.2. The molecule has 5 radical (unpaired) electrons. The minimum Gasteiger partial charge on any atom is -0.514 e. The van der Waals surface area contributed by atoms with Crippen molar-refractivity contribution >= 4 is 116 Å². The van der Waals surface area contributed by atoms with E-state index >= 15 is 0 Å². The van der Waals surface area contributed by atoms with Gasteiger partial charge in [-0.1, -0.05) is 91.6 Å². The number of ether oxygens (including phenoxy) is 5. The van der Waals surface area contributed by atoms with Crippen LogP contribution in [-0.4, -0.2) is 99.0 Å². The third-order valence-corrected chi connectivity index (χ3v) is 20.0. The molecule has 0 aliphatic rings.